The summed E-state index contributed by atoms with van der Waals surface area (Å²) < 4.78 is 0. The van der Waals surface area contributed by atoms with Gasteiger partial charge in [-0.2, -0.15) is 0 Å². The molecule has 4 rings (SSSR count). The van der Waals surface area contributed by atoms with E-state index in [9.17, 15) is 0 Å². The van der Waals surface area contributed by atoms with Crippen LogP contribution in [-0.4, -0.2) is 0 Å². The first-order valence-electron chi connectivity index (χ1n) is 9.59. The minimum Gasteiger partial charge on any atom is -0.0993 e. The average molecular weight is 287 g/mol. The molecular formula is C21H34. The molecule has 0 saturated heterocycles. The first kappa shape index (κ1) is 14.3. The van der Waals surface area contributed by atoms with E-state index < -0.39 is 0 Å². The Hall–Kier alpha value is -0.260. The van der Waals surface area contributed by atoms with Crippen molar-refractivity contribution in [2.45, 2.75) is 78.6 Å². The first-order valence-corrected chi connectivity index (χ1v) is 9.59. The lowest BCUT2D eigenvalue weighted by atomic mass is 9.49. The Kier molecular flexibility index (Phi) is 3.15. The van der Waals surface area contributed by atoms with Crippen molar-refractivity contribution in [2.75, 3.05) is 0 Å². The lowest BCUT2D eigenvalue weighted by Gasteiger charge is -2.56. The van der Waals surface area contributed by atoms with Gasteiger partial charge in [-0.15, -0.1) is 0 Å². The molecule has 0 aromatic carbocycles. The molecule has 0 heterocycles. The van der Waals surface area contributed by atoms with Crippen molar-refractivity contribution >= 4 is 0 Å². The topological polar surface area (TPSA) is 0 Å². The zero-order valence-corrected chi connectivity index (χ0v) is 14.5. The van der Waals surface area contributed by atoms with Crippen LogP contribution in [0.5, 0.6) is 0 Å². The van der Waals surface area contributed by atoms with Gasteiger partial charge < -0.3 is 0 Å². The Bertz CT molecular complexity index is 445. The summed E-state index contributed by atoms with van der Waals surface area (Å²) >= 11 is 0. The van der Waals surface area contributed by atoms with E-state index in [0.29, 0.717) is 10.8 Å². The maximum absolute atomic E-state index is 4.45. The number of rotatable bonds is 0. The first-order chi connectivity index (χ1) is 9.91. The van der Waals surface area contributed by atoms with E-state index in [1.165, 1.54) is 57.8 Å². The standard InChI is InChI=1S/C21H34/c1-14-5-8-19-18-7-6-15-13-20(2,3)11-9-16(15)17(18)10-12-21(14,19)4/h15-19H,1,5-13H2,2-4H3/t15-,16+,17-,18-,19+,21-/m1/s1. The van der Waals surface area contributed by atoms with Crippen LogP contribution >= 0.6 is 0 Å². The van der Waals surface area contributed by atoms with Crippen LogP contribution in [0.15, 0.2) is 12.2 Å². The van der Waals surface area contributed by atoms with Crippen LogP contribution in [0.4, 0.5) is 0 Å². The second-order valence-electron chi connectivity index (χ2n) is 9.94. The third-order valence-electron chi connectivity index (χ3n) is 8.44. The highest BCUT2D eigenvalue weighted by atomic mass is 14.6. The fourth-order valence-corrected chi connectivity index (χ4v) is 7.21. The third-order valence-corrected chi connectivity index (χ3v) is 8.44. The summed E-state index contributed by atoms with van der Waals surface area (Å²) in [6.07, 6.45) is 13.3. The van der Waals surface area contributed by atoms with E-state index in [4.69, 9.17) is 0 Å². The summed E-state index contributed by atoms with van der Waals surface area (Å²) in [5, 5.41) is 0. The summed E-state index contributed by atoms with van der Waals surface area (Å²) in [7, 11) is 0. The Labute approximate surface area is 131 Å². The van der Waals surface area contributed by atoms with Crippen LogP contribution in [0.25, 0.3) is 0 Å². The van der Waals surface area contributed by atoms with Crippen molar-refractivity contribution in [2.24, 2.45) is 40.4 Å². The van der Waals surface area contributed by atoms with Crippen LogP contribution in [0, 0.1) is 40.4 Å². The van der Waals surface area contributed by atoms with E-state index in [-0.39, 0.29) is 0 Å². The van der Waals surface area contributed by atoms with Gasteiger partial charge in [0.25, 0.3) is 0 Å². The van der Waals surface area contributed by atoms with Crippen molar-refractivity contribution in [3.05, 3.63) is 12.2 Å². The summed E-state index contributed by atoms with van der Waals surface area (Å²) in [6.45, 7) is 12.0. The average Bonchev–Trinajstić information content (AvgIpc) is 2.73. The van der Waals surface area contributed by atoms with Crippen molar-refractivity contribution in [1.82, 2.24) is 0 Å². The molecule has 21 heavy (non-hydrogen) atoms. The minimum absolute atomic E-state index is 0.516. The van der Waals surface area contributed by atoms with Crippen LogP contribution in [0.1, 0.15) is 78.6 Å². The van der Waals surface area contributed by atoms with Gasteiger partial charge in [-0.3, -0.25) is 0 Å². The van der Waals surface area contributed by atoms with Gasteiger partial charge in [0.1, 0.15) is 0 Å². The number of fused-ring (bicyclic) bond motifs is 5. The van der Waals surface area contributed by atoms with Crippen molar-refractivity contribution < 1.29 is 0 Å². The molecule has 0 bridgehead atoms. The van der Waals surface area contributed by atoms with Gasteiger partial charge in [0.05, 0.1) is 0 Å². The van der Waals surface area contributed by atoms with Gasteiger partial charge in [-0.1, -0.05) is 32.9 Å². The van der Waals surface area contributed by atoms with Gasteiger partial charge in [-0.05, 0) is 98.2 Å². The fraction of sp³-hybridized carbons (Fsp3) is 0.905. The van der Waals surface area contributed by atoms with Gasteiger partial charge >= 0.3 is 0 Å². The predicted molar refractivity (Wildman–Crippen MR) is 90.0 cm³/mol. The largest absolute Gasteiger partial charge is 0.0993 e. The number of allylic oxidation sites excluding steroid dienone is 1. The molecule has 0 heteroatoms. The van der Waals surface area contributed by atoms with Crippen molar-refractivity contribution in [3.8, 4) is 0 Å². The zero-order valence-electron chi connectivity index (χ0n) is 14.5. The maximum atomic E-state index is 4.45. The summed E-state index contributed by atoms with van der Waals surface area (Å²) in [5.41, 5.74) is 2.73. The summed E-state index contributed by atoms with van der Waals surface area (Å²) in [4.78, 5) is 0. The highest BCUT2D eigenvalue weighted by Gasteiger charge is 2.55. The second kappa shape index (κ2) is 4.62. The molecule has 4 fully saturated rings. The number of hydrogen-bond donors (Lipinski definition) is 0. The Morgan fingerprint density at radius 2 is 1.62 bits per heavy atom. The van der Waals surface area contributed by atoms with E-state index in [2.05, 4.69) is 27.4 Å². The second-order valence-corrected chi connectivity index (χ2v) is 9.94. The summed E-state index contributed by atoms with van der Waals surface area (Å²) in [6, 6.07) is 0. The van der Waals surface area contributed by atoms with E-state index >= 15 is 0 Å². The molecule has 4 aliphatic rings. The quantitative estimate of drug-likeness (QED) is 0.464. The Morgan fingerprint density at radius 1 is 0.857 bits per heavy atom. The third kappa shape index (κ3) is 2.07. The molecule has 0 aliphatic heterocycles. The van der Waals surface area contributed by atoms with Crippen LogP contribution < -0.4 is 0 Å². The van der Waals surface area contributed by atoms with Gasteiger partial charge in [0, 0.05) is 0 Å². The molecule has 118 valence electrons. The molecule has 0 aromatic rings. The van der Waals surface area contributed by atoms with Crippen molar-refractivity contribution in [1.29, 1.82) is 0 Å². The van der Waals surface area contributed by atoms with E-state index in [1.807, 2.05) is 0 Å². The molecule has 4 saturated carbocycles. The highest BCUT2D eigenvalue weighted by Crippen LogP contribution is 2.64. The minimum atomic E-state index is 0.516. The van der Waals surface area contributed by atoms with Gasteiger partial charge in [-0.25, -0.2) is 0 Å². The lowest BCUT2D eigenvalue weighted by Crippen LogP contribution is -2.48. The maximum Gasteiger partial charge on any atom is -0.00879 e. The van der Waals surface area contributed by atoms with Gasteiger partial charge in [0.15, 0.2) is 0 Å². The molecular weight excluding hydrogens is 252 g/mol. The van der Waals surface area contributed by atoms with Crippen LogP contribution in [0.3, 0.4) is 0 Å². The molecule has 0 N–H and O–H groups in total. The zero-order chi connectivity index (χ0) is 14.8. The molecule has 0 aromatic heterocycles. The molecule has 0 spiro atoms. The highest BCUT2D eigenvalue weighted by molar-refractivity contribution is 5.20. The molecule has 0 radical (unpaired) electrons. The van der Waals surface area contributed by atoms with E-state index in [1.54, 1.807) is 5.57 Å². The normalized spacial score (nSPS) is 52.0. The molecule has 0 amide bonds. The predicted octanol–water partition coefficient (Wildman–Crippen LogP) is 6.22. The molecule has 4 aliphatic carbocycles. The Balaban J connectivity index is 1.57. The SMILES string of the molecule is C=C1CC[C@H]2[C@@H]3CC[C@@H]4CC(C)(C)CC[C@@H]4[C@H]3CC[C@]12C. The van der Waals surface area contributed by atoms with Crippen LogP contribution in [-0.2, 0) is 0 Å². The van der Waals surface area contributed by atoms with Crippen molar-refractivity contribution in [3.63, 3.8) is 0 Å². The molecule has 0 nitrogen and oxygen atoms in total. The Morgan fingerprint density at radius 3 is 2.43 bits per heavy atom. The van der Waals surface area contributed by atoms with Crippen LogP contribution in [0.2, 0.25) is 0 Å². The monoisotopic (exact) mass is 286 g/mol. The van der Waals surface area contributed by atoms with Gasteiger partial charge in [0.2, 0.25) is 0 Å². The molecule has 6 atom stereocenters. The smallest absolute Gasteiger partial charge is 0.00879 e. The van der Waals surface area contributed by atoms with E-state index in [0.717, 1.165) is 29.6 Å². The lowest BCUT2D eigenvalue weighted by molar-refractivity contribution is -0.0586. The molecule has 0 unspecified atom stereocenters. The fourth-order valence-electron chi connectivity index (χ4n) is 7.21. The number of hydrogen-bond acceptors (Lipinski definition) is 0. The summed E-state index contributed by atoms with van der Waals surface area (Å²) in [5.74, 6) is 5.24.